The third-order valence-electron chi connectivity index (χ3n) is 2.05. The molecule has 0 rings (SSSR count). The zero-order valence-electron chi connectivity index (χ0n) is 8.63. The molecular weight excluding hydrogens is 154 g/mol. The molecule has 1 unspecified atom stereocenters. The molecule has 0 aromatic heterocycles. The minimum atomic E-state index is -0.311. The summed E-state index contributed by atoms with van der Waals surface area (Å²) in [6, 6.07) is 0. The van der Waals surface area contributed by atoms with E-state index in [1.54, 1.807) is 7.11 Å². The Balaban J connectivity index is 3.98. The molecule has 0 bridgehead atoms. The number of carbonyl (C=O) groups is 1. The van der Waals surface area contributed by atoms with E-state index in [-0.39, 0.29) is 11.6 Å². The van der Waals surface area contributed by atoms with Gasteiger partial charge in [-0.2, -0.15) is 0 Å². The summed E-state index contributed by atoms with van der Waals surface area (Å²) in [7, 11) is 3.53. The van der Waals surface area contributed by atoms with E-state index in [9.17, 15) is 4.79 Å². The van der Waals surface area contributed by atoms with Crippen LogP contribution in [0.2, 0.25) is 0 Å². The monoisotopic (exact) mass is 173 g/mol. The van der Waals surface area contributed by atoms with Crippen molar-refractivity contribution in [3.63, 3.8) is 0 Å². The summed E-state index contributed by atoms with van der Waals surface area (Å²) >= 11 is 0. The highest BCUT2D eigenvalue weighted by atomic mass is 16.5. The van der Waals surface area contributed by atoms with Crippen LogP contribution in [0.1, 0.15) is 20.8 Å². The highest BCUT2D eigenvalue weighted by molar-refractivity contribution is 5.56. The first kappa shape index (κ1) is 11.6. The number of ether oxygens (including phenoxy) is 1. The highest BCUT2D eigenvalue weighted by Gasteiger charge is 2.19. The van der Waals surface area contributed by atoms with Gasteiger partial charge in [-0.1, -0.05) is 0 Å². The van der Waals surface area contributed by atoms with Crippen LogP contribution in [-0.4, -0.2) is 43.5 Å². The van der Waals surface area contributed by atoms with Gasteiger partial charge >= 0.3 is 0 Å². The van der Waals surface area contributed by atoms with Crippen molar-refractivity contribution in [1.29, 1.82) is 0 Å². The Morgan fingerprint density at radius 3 is 2.25 bits per heavy atom. The molecule has 3 heteroatoms. The van der Waals surface area contributed by atoms with Crippen LogP contribution in [0.4, 0.5) is 0 Å². The largest absolute Gasteiger partial charge is 0.373 e. The lowest BCUT2D eigenvalue weighted by atomic mass is 10.1. The van der Waals surface area contributed by atoms with Crippen LogP contribution in [0, 0.1) is 0 Å². The molecular formula is C9H19NO2. The molecule has 1 atom stereocenters. The quantitative estimate of drug-likeness (QED) is 0.592. The van der Waals surface area contributed by atoms with E-state index in [0.717, 1.165) is 6.29 Å². The van der Waals surface area contributed by atoms with Crippen LogP contribution in [0.3, 0.4) is 0 Å². The van der Waals surface area contributed by atoms with E-state index in [0.29, 0.717) is 6.54 Å². The maximum Gasteiger partial charge on any atom is 0.150 e. The summed E-state index contributed by atoms with van der Waals surface area (Å²) in [5.74, 6) is 0. The van der Waals surface area contributed by atoms with Crippen molar-refractivity contribution in [3.05, 3.63) is 0 Å². The van der Waals surface area contributed by atoms with E-state index in [1.807, 2.05) is 7.05 Å². The molecule has 0 saturated heterocycles. The van der Waals surface area contributed by atoms with Gasteiger partial charge in [-0.25, -0.2) is 0 Å². The zero-order chi connectivity index (χ0) is 9.78. The Morgan fingerprint density at radius 2 is 2.00 bits per heavy atom. The number of likely N-dealkylation sites (N-methyl/N-ethyl adjacent to an activating group) is 1. The van der Waals surface area contributed by atoms with Crippen LogP contribution >= 0.6 is 0 Å². The van der Waals surface area contributed by atoms with Gasteiger partial charge in [-0.3, -0.25) is 4.90 Å². The number of hydrogen-bond donors (Lipinski definition) is 0. The first-order chi connectivity index (χ1) is 5.41. The molecule has 0 amide bonds. The van der Waals surface area contributed by atoms with Crippen LogP contribution in [0.15, 0.2) is 0 Å². The molecule has 0 aliphatic heterocycles. The van der Waals surface area contributed by atoms with Gasteiger partial charge in [0.15, 0.2) is 0 Å². The van der Waals surface area contributed by atoms with Gasteiger partial charge in [0.25, 0.3) is 0 Å². The number of nitrogens with zero attached hydrogens (tertiary/aromatic N) is 1. The second-order valence-corrected chi connectivity index (χ2v) is 3.96. The minimum Gasteiger partial charge on any atom is -0.373 e. The SMILES string of the molecule is COC(C=O)CN(C)C(C)(C)C. The fraction of sp³-hybridized carbons (Fsp3) is 0.889. The third-order valence-corrected chi connectivity index (χ3v) is 2.05. The van der Waals surface area contributed by atoms with Crippen LogP contribution in [0.5, 0.6) is 0 Å². The summed E-state index contributed by atoms with van der Waals surface area (Å²) in [4.78, 5) is 12.5. The number of aldehydes is 1. The van der Waals surface area contributed by atoms with Crippen molar-refractivity contribution in [2.75, 3.05) is 20.7 Å². The fourth-order valence-corrected chi connectivity index (χ4v) is 0.717. The second kappa shape index (κ2) is 4.58. The van der Waals surface area contributed by atoms with Crippen molar-refractivity contribution in [2.45, 2.75) is 32.4 Å². The number of hydrogen-bond acceptors (Lipinski definition) is 3. The Labute approximate surface area is 74.7 Å². The highest BCUT2D eigenvalue weighted by Crippen LogP contribution is 2.10. The molecule has 3 nitrogen and oxygen atoms in total. The lowest BCUT2D eigenvalue weighted by Gasteiger charge is -2.33. The molecule has 0 aromatic rings. The average molecular weight is 173 g/mol. The Morgan fingerprint density at radius 1 is 1.50 bits per heavy atom. The topological polar surface area (TPSA) is 29.5 Å². The molecule has 0 aliphatic carbocycles. The van der Waals surface area contributed by atoms with Gasteiger partial charge in [-0.15, -0.1) is 0 Å². The Bertz CT molecular complexity index is 140. The van der Waals surface area contributed by atoms with Crippen LogP contribution in [0.25, 0.3) is 0 Å². The zero-order valence-corrected chi connectivity index (χ0v) is 8.63. The third kappa shape index (κ3) is 3.83. The number of carbonyl (C=O) groups excluding carboxylic acids is 1. The first-order valence-corrected chi connectivity index (χ1v) is 4.11. The predicted molar refractivity (Wildman–Crippen MR) is 49.2 cm³/mol. The molecule has 0 saturated carbocycles. The molecule has 12 heavy (non-hydrogen) atoms. The normalized spacial score (nSPS) is 14.8. The average Bonchev–Trinajstić information content (AvgIpc) is 1.97. The molecule has 0 N–H and O–H groups in total. The van der Waals surface area contributed by atoms with Crippen molar-refractivity contribution < 1.29 is 9.53 Å². The van der Waals surface area contributed by atoms with Gasteiger partial charge in [0.05, 0.1) is 0 Å². The summed E-state index contributed by atoms with van der Waals surface area (Å²) in [6.07, 6.45) is 0.525. The van der Waals surface area contributed by atoms with E-state index >= 15 is 0 Å². The smallest absolute Gasteiger partial charge is 0.150 e. The molecule has 72 valence electrons. The van der Waals surface area contributed by atoms with E-state index < -0.39 is 0 Å². The fourth-order valence-electron chi connectivity index (χ4n) is 0.717. The van der Waals surface area contributed by atoms with Crippen molar-refractivity contribution >= 4 is 6.29 Å². The Kier molecular flexibility index (Phi) is 4.42. The number of methoxy groups -OCH3 is 1. The summed E-state index contributed by atoms with van der Waals surface area (Å²) in [5, 5.41) is 0. The molecule has 0 aliphatic rings. The summed E-state index contributed by atoms with van der Waals surface area (Å²) < 4.78 is 4.96. The lowest BCUT2D eigenvalue weighted by molar-refractivity contribution is -0.117. The Hall–Kier alpha value is -0.410. The van der Waals surface area contributed by atoms with E-state index in [4.69, 9.17) is 4.74 Å². The summed E-state index contributed by atoms with van der Waals surface area (Å²) in [5.41, 5.74) is 0.0831. The second-order valence-electron chi connectivity index (χ2n) is 3.96. The van der Waals surface area contributed by atoms with E-state index in [2.05, 4.69) is 25.7 Å². The van der Waals surface area contributed by atoms with Crippen LogP contribution < -0.4 is 0 Å². The van der Waals surface area contributed by atoms with Gasteiger partial charge in [0, 0.05) is 19.2 Å². The number of rotatable bonds is 4. The molecule has 0 aromatic carbocycles. The van der Waals surface area contributed by atoms with Crippen molar-refractivity contribution in [3.8, 4) is 0 Å². The minimum absolute atomic E-state index is 0.0831. The van der Waals surface area contributed by atoms with Crippen molar-refractivity contribution in [1.82, 2.24) is 4.90 Å². The lowest BCUT2D eigenvalue weighted by Crippen LogP contribution is -2.43. The van der Waals surface area contributed by atoms with Gasteiger partial charge in [0.2, 0.25) is 0 Å². The van der Waals surface area contributed by atoms with Gasteiger partial charge in [0.1, 0.15) is 12.4 Å². The molecule has 0 fully saturated rings. The molecule has 0 radical (unpaired) electrons. The maximum absolute atomic E-state index is 10.4. The molecule has 0 heterocycles. The van der Waals surface area contributed by atoms with Crippen molar-refractivity contribution in [2.24, 2.45) is 0 Å². The predicted octanol–water partition coefficient (Wildman–Crippen LogP) is 0.931. The summed E-state index contributed by atoms with van der Waals surface area (Å²) in [6.45, 7) is 6.95. The first-order valence-electron chi connectivity index (χ1n) is 4.11. The van der Waals surface area contributed by atoms with Gasteiger partial charge < -0.3 is 9.53 Å². The van der Waals surface area contributed by atoms with Gasteiger partial charge in [-0.05, 0) is 27.8 Å². The van der Waals surface area contributed by atoms with Crippen LogP contribution in [-0.2, 0) is 9.53 Å². The maximum atomic E-state index is 10.4. The van der Waals surface area contributed by atoms with E-state index in [1.165, 1.54) is 0 Å². The standard InChI is InChI=1S/C9H19NO2/c1-9(2,3)10(4)6-8(7-11)12-5/h7-8H,6H2,1-5H3. The molecule has 0 spiro atoms.